The largest absolute Gasteiger partial charge is 0.445 e. The first-order valence-corrected chi connectivity index (χ1v) is 9.70. The summed E-state index contributed by atoms with van der Waals surface area (Å²) in [7, 11) is 0. The third-order valence-electron chi connectivity index (χ3n) is 5.43. The molecule has 1 amide bonds. The number of aromatic nitrogens is 5. The molecule has 1 aliphatic rings. The Balaban J connectivity index is 1.29. The molecule has 1 aromatic carbocycles. The Labute approximate surface area is 172 Å². The van der Waals surface area contributed by atoms with Crippen LogP contribution in [0.5, 0.6) is 0 Å². The molecule has 1 unspecified atom stereocenters. The lowest BCUT2D eigenvalue weighted by Crippen LogP contribution is -2.33. The average Bonchev–Trinajstić information content (AvgIpc) is 3.51. The van der Waals surface area contributed by atoms with Crippen LogP contribution < -0.4 is 0 Å². The van der Waals surface area contributed by atoms with Crippen LogP contribution >= 0.6 is 0 Å². The number of nitrogens with zero attached hydrogens (tertiary/aromatic N) is 6. The zero-order chi connectivity index (χ0) is 20.6. The maximum Gasteiger partial charge on any atom is 0.410 e. The molecule has 152 valence electrons. The Kier molecular flexibility index (Phi) is 4.42. The zero-order valence-corrected chi connectivity index (χ0v) is 16.4. The molecule has 5 rings (SSSR count). The summed E-state index contributed by atoms with van der Waals surface area (Å²) in [6.07, 6.45) is 7.21. The molecule has 0 bridgehead atoms. The lowest BCUT2D eigenvalue weighted by Gasteiger charge is -2.20. The van der Waals surface area contributed by atoms with Gasteiger partial charge in [-0.15, -0.1) is 0 Å². The number of likely N-dealkylation sites (tertiary alicyclic amines) is 1. The van der Waals surface area contributed by atoms with Crippen molar-refractivity contribution in [1.29, 1.82) is 0 Å². The fourth-order valence-electron chi connectivity index (χ4n) is 3.68. The standard InChI is InChI=1S/C21H20N6O3/c1-21(7-9-26(14-21)20(28)29-13-15-5-3-2-4-6-15)19-24-18(25-30-19)16-11-23-17-12-22-8-10-27(16)17/h2-6,8,10-12H,7,9,13-14H2,1H3. The molecule has 1 fully saturated rings. The van der Waals surface area contributed by atoms with E-state index in [9.17, 15) is 4.79 Å². The first kappa shape index (κ1) is 18.3. The number of hydrogen-bond acceptors (Lipinski definition) is 7. The molecule has 0 aliphatic carbocycles. The number of carbonyl (C=O) groups excluding carboxylic acids is 1. The minimum absolute atomic E-state index is 0.251. The summed E-state index contributed by atoms with van der Waals surface area (Å²) in [4.78, 5) is 27.2. The number of amides is 1. The maximum atomic E-state index is 12.5. The van der Waals surface area contributed by atoms with E-state index in [1.54, 1.807) is 29.7 Å². The van der Waals surface area contributed by atoms with Gasteiger partial charge in [0.2, 0.25) is 11.7 Å². The van der Waals surface area contributed by atoms with Crippen LogP contribution in [0.1, 0.15) is 24.8 Å². The molecule has 1 atom stereocenters. The van der Waals surface area contributed by atoms with Crippen molar-refractivity contribution in [2.75, 3.05) is 13.1 Å². The van der Waals surface area contributed by atoms with Gasteiger partial charge in [-0.1, -0.05) is 35.5 Å². The van der Waals surface area contributed by atoms with Crippen LogP contribution in [-0.2, 0) is 16.8 Å². The van der Waals surface area contributed by atoms with Crippen molar-refractivity contribution in [3.05, 3.63) is 66.6 Å². The highest BCUT2D eigenvalue weighted by Gasteiger charge is 2.42. The molecular weight excluding hydrogens is 384 g/mol. The van der Waals surface area contributed by atoms with E-state index in [0.717, 1.165) is 11.3 Å². The molecular formula is C21H20N6O3. The van der Waals surface area contributed by atoms with E-state index in [1.807, 2.05) is 41.7 Å². The number of benzene rings is 1. The summed E-state index contributed by atoms with van der Waals surface area (Å²) in [6.45, 7) is 3.30. The predicted molar refractivity (Wildman–Crippen MR) is 106 cm³/mol. The molecule has 1 saturated heterocycles. The predicted octanol–water partition coefficient (Wildman–Crippen LogP) is 3.08. The Morgan fingerprint density at radius 3 is 3.00 bits per heavy atom. The minimum atomic E-state index is -0.431. The number of fused-ring (bicyclic) bond motifs is 1. The minimum Gasteiger partial charge on any atom is -0.445 e. The third-order valence-corrected chi connectivity index (χ3v) is 5.43. The van der Waals surface area contributed by atoms with Crippen molar-refractivity contribution in [3.8, 4) is 11.5 Å². The van der Waals surface area contributed by atoms with Gasteiger partial charge in [0.1, 0.15) is 12.3 Å². The van der Waals surface area contributed by atoms with Crippen LogP contribution in [0.15, 0.2) is 59.6 Å². The van der Waals surface area contributed by atoms with Crippen LogP contribution in [0, 0.1) is 0 Å². The summed E-state index contributed by atoms with van der Waals surface area (Å²) < 4.78 is 12.9. The normalized spacial score (nSPS) is 18.8. The van der Waals surface area contributed by atoms with E-state index in [0.29, 0.717) is 36.9 Å². The highest BCUT2D eigenvalue weighted by Crippen LogP contribution is 2.34. The quantitative estimate of drug-likeness (QED) is 0.515. The molecule has 30 heavy (non-hydrogen) atoms. The molecule has 4 aromatic rings. The summed E-state index contributed by atoms with van der Waals surface area (Å²) in [5.41, 5.74) is 1.96. The van der Waals surface area contributed by atoms with Crippen LogP contribution in [0.3, 0.4) is 0 Å². The van der Waals surface area contributed by atoms with Gasteiger partial charge in [0.05, 0.1) is 17.8 Å². The number of imidazole rings is 1. The van der Waals surface area contributed by atoms with Gasteiger partial charge < -0.3 is 14.2 Å². The Hall–Kier alpha value is -3.75. The van der Waals surface area contributed by atoms with E-state index in [1.165, 1.54) is 0 Å². The topological polar surface area (TPSA) is 98.6 Å². The molecule has 9 nitrogen and oxygen atoms in total. The highest BCUT2D eigenvalue weighted by molar-refractivity contribution is 5.68. The third kappa shape index (κ3) is 3.28. The number of carbonyl (C=O) groups is 1. The van der Waals surface area contributed by atoms with Crippen LogP contribution in [0.4, 0.5) is 4.79 Å². The Bertz CT molecular complexity index is 1190. The molecule has 0 N–H and O–H groups in total. The van der Waals surface area contributed by atoms with Gasteiger partial charge in [0.25, 0.3) is 0 Å². The van der Waals surface area contributed by atoms with Gasteiger partial charge in [-0.2, -0.15) is 4.98 Å². The molecule has 1 aliphatic heterocycles. The summed E-state index contributed by atoms with van der Waals surface area (Å²) in [6, 6.07) is 9.63. The fourth-order valence-corrected chi connectivity index (χ4v) is 3.68. The lowest BCUT2D eigenvalue weighted by molar-refractivity contribution is 0.102. The van der Waals surface area contributed by atoms with E-state index >= 15 is 0 Å². The maximum absolute atomic E-state index is 12.5. The second-order valence-corrected chi connectivity index (χ2v) is 7.64. The van der Waals surface area contributed by atoms with Crippen LogP contribution in [0.25, 0.3) is 17.2 Å². The van der Waals surface area contributed by atoms with Gasteiger partial charge in [0, 0.05) is 25.5 Å². The molecule has 0 saturated carbocycles. The van der Waals surface area contributed by atoms with Crippen molar-refractivity contribution < 1.29 is 14.1 Å². The summed E-state index contributed by atoms with van der Waals surface area (Å²) in [5, 5.41) is 4.14. The first-order valence-electron chi connectivity index (χ1n) is 9.70. The summed E-state index contributed by atoms with van der Waals surface area (Å²) in [5.74, 6) is 0.954. The lowest BCUT2D eigenvalue weighted by atomic mass is 9.90. The van der Waals surface area contributed by atoms with Crippen molar-refractivity contribution in [1.82, 2.24) is 29.4 Å². The van der Waals surface area contributed by atoms with E-state index in [2.05, 4.69) is 20.1 Å². The van der Waals surface area contributed by atoms with Crippen molar-refractivity contribution in [3.63, 3.8) is 0 Å². The SMILES string of the molecule is CC1(c2nc(-c3cnc4cnccn34)no2)CCN(C(=O)OCc2ccccc2)C1. The number of rotatable bonds is 4. The Morgan fingerprint density at radius 2 is 2.13 bits per heavy atom. The Morgan fingerprint density at radius 1 is 1.27 bits per heavy atom. The van der Waals surface area contributed by atoms with Gasteiger partial charge >= 0.3 is 6.09 Å². The van der Waals surface area contributed by atoms with E-state index in [-0.39, 0.29) is 12.7 Å². The van der Waals surface area contributed by atoms with Crippen molar-refractivity contribution in [2.45, 2.75) is 25.4 Å². The van der Waals surface area contributed by atoms with Gasteiger partial charge in [-0.3, -0.25) is 9.38 Å². The number of ether oxygens (including phenoxy) is 1. The summed E-state index contributed by atoms with van der Waals surface area (Å²) >= 11 is 0. The van der Waals surface area contributed by atoms with Crippen molar-refractivity contribution in [2.24, 2.45) is 0 Å². The van der Waals surface area contributed by atoms with Gasteiger partial charge in [0.15, 0.2) is 5.65 Å². The molecule has 0 radical (unpaired) electrons. The van der Waals surface area contributed by atoms with Gasteiger partial charge in [-0.05, 0) is 18.9 Å². The second kappa shape index (κ2) is 7.25. The number of hydrogen-bond donors (Lipinski definition) is 0. The van der Waals surface area contributed by atoms with Crippen molar-refractivity contribution >= 4 is 11.7 Å². The average molecular weight is 404 g/mol. The molecule has 4 heterocycles. The second-order valence-electron chi connectivity index (χ2n) is 7.64. The molecule has 9 heteroatoms. The van der Waals surface area contributed by atoms with E-state index in [4.69, 9.17) is 9.26 Å². The van der Waals surface area contributed by atoms with E-state index < -0.39 is 5.41 Å². The molecule has 0 spiro atoms. The first-order chi connectivity index (χ1) is 14.6. The fraction of sp³-hybridized carbons (Fsp3) is 0.286. The molecule has 3 aromatic heterocycles. The highest BCUT2D eigenvalue weighted by atomic mass is 16.6. The van der Waals surface area contributed by atoms with Crippen LogP contribution in [0.2, 0.25) is 0 Å². The van der Waals surface area contributed by atoms with Gasteiger partial charge in [-0.25, -0.2) is 9.78 Å². The van der Waals surface area contributed by atoms with Crippen LogP contribution in [-0.4, -0.2) is 48.6 Å². The monoisotopic (exact) mass is 404 g/mol. The zero-order valence-electron chi connectivity index (χ0n) is 16.4. The smallest absolute Gasteiger partial charge is 0.410 e.